The van der Waals surface area contributed by atoms with Crippen molar-refractivity contribution in [2.45, 2.75) is 0 Å². The van der Waals surface area contributed by atoms with Crippen molar-refractivity contribution in [3.8, 4) is 17.1 Å². The summed E-state index contributed by atoms with van der Waals surface area (Å²) in [5, 5.41) is 1.20. The zero-order valence-electron chi connectivity index (χ0n) is 12.7. The van der Waals surface area contributed by atoms with Crippen LogP contribution in [-0.2, 0) is 0 Å². The smallest absolute Gasteiger partial charge is 0.266 e. The van der Waals surface area contributed by atoms with Crippen LogP contribution in [0.25, 0.3) is 28.0 Å². The molecular weight excluding hydrogens is 320 g/mol. The lowest BCUT2D eigenvalue weighted by Crippen LogP contribution is -2.21. The molecule has 4 aromatic rings. The van der Waals surface area contributed by atoms with E-state index in [9.17, 15) is 4.79 Å². The zero-order valence-corrected chi connectivity index (χ0v) is 13.4. The molecule has 3 aromatic carbocycles. The highest BCUT2D eigenvalue weighted by atomic mass is 35.5. The van der Waals surface area contributed by atoms with Gasteiger partial charge >= 0.3 is 0 Å². The summed E-state index contributed by atoms with van der Waals surface area (Å²) < 4.78 is 1.63. The Labute approximate surface area is 143 Å². The molecule has 24 heavy (non-hydrogen) atoms. The Morgan fingerprint density at radius 3 is 2.38 bits per heavy atom. The minimum absolute atomic E-state index is 0.0956. The first-order valence-corrected chi connectivity index (χ1v) is 7.95. The van der Waals surface area contributed by atoms with Gasteiger partial charge in [-0.2, -0.15) is 0 Å². The first kappa shape index (κ1) is 14.7. The van der Waals surface area contributed by atoms with E-state index in [0.29, 0.717) is 21.7 Å². The molecule has 0 radical (unpaired) electrons. The van der Waals surface area contributed by atoms with Gasteiger partial charge in [-0.05, 0) is 36.4 Å². The summed E-state index contributed by atoms with van der Waals surface area (Å²) >= 11 is 6.14. The van der Waals surface area contributed by atoms with Gasteiger partial charge in [0.25, 0.3) is 5.56 Å². The zero-order chi connectivity index (χ0) is 16.5. The lowest BCUT2D eigenvalue weighted by Gasteiger charge is -2.14. The van der Waals surface area contributed by atoms with E-state index in [-0.39, 0.29) is 5.56 Å². The monoisotopic (exact) mass is 332 g/mol. The third-order valence-electron chi connectivity index (χ3n) is 3.87. The highest BCUT2D eigenvalue weighted by molar-refractivity contribution is 6.30. The minimum Gasteiger partial charge on any atom is -0.268 e. The molecule has 0 unspecified atom stereocenters. The molecule has 1 aromatic heterocycles. The van der Waals surface area contributed by atoms with Gasteiger partial charge < -0.3 is 0 Å². The summed E-state index contributed by atoms with van der Waals surface area (Å²) in [6.45, 7) is 0. The molecule has 0 N–H and O–H groups in total. The van der Waals surface area contributed by atoms with Crippen LogP contribution in [0.1, 0.15) is 0 Å². The molecule has 0 bridgehead atoms. The molecule has 0 saturated heterocycles. The molecular formula is C20H13ClN2O. The van der Waals surface area contributed by atoms with Crippen molar-refractivity contribution in [3.05, 3.63) is 94.2 Å². The van der Waals surface area contributed by atoms with Gasteiger partial charge in [-0.3, -0.25) is 9.36 Å². The summed E-state index contributed by atoms with van der Waals surface area (Å²) in [6, 6.07) is 24.3. The van der Waals surface area contributed by atoms with Gasteiger partial charge in [0.2, 0.25) is 0 Å². The van der Waals surface area contributed by atoms with E-state index in [1.54, 1.807) is 16.7 Å². The molecule has 4 heteroatoms. The Hall–Kier alpha value is -2.91. The molecule has 3 nitrogen and oxygen atoms in total. The van der Waals surface area contributed by atoms with Gasteiger partial charge in [0.15, 0.2) is 0 Å². The van der Waals surface area contributed by atoms with E-state index in [1.807, 2.05) is 66.7 Å². The van der Waals surface area contributed by atoms with Gasteiger partial charge in [-0.15, -0.1) is 0 Å². The van der Waals surface area contributed by atoms with Crippen molar-refractivity contribution in [2.75, 3.05) is 0 Å². The van der Waals surface area contributed by atoms with Gasteiger partial charge in [0, 0.05) is 10.6 Å². The number of aromatic nitrogens is 2. The van der Waals surface area contributed by atoms with E-state index in [2.05, 4.69) is 0 Å². The lowest BCUT2D eigenvalue weighted by molar-refractivity contribution is 0.976. The maximum atomic E-state index is 13.1. The van der Waals surface area contributed by atoms with Crippen LogP contribution in [-0.4, -0.2) is 9.55 Å². The fourth-order valence-corrected chi connectivity index (χ4v) is 2.96. The summed E-state index contributed by atoms with van der Waals surface area (Å²) in [6.07, 6.45) is 0. The average molecular weight is 333 g/mol. The average Bonchev–Trinajstić information content (AvgIpc) is 2.62. The van der Waals surface area contributed by atoms with Crippen molar-refractivity contribution >= 4 is 22.5 Å². The number of rotatable bonds is 2. The van der Waals surface area contributed by atoms with Crippen LogP contribution in [0.15, 0.2) is 83.7 Å². The van der Waals surface area contributed by atoms with Gasteiger partial charge in [0.05, 0.1) is 16.6 Å². The number of fused-ring (bicyclic) bond motifs is 1. The van der Waals surface area contributed by atoms with E-state index in [0.717, 1.165) is 11.3 Å². The quantitative estimate of drug-likeness (QED) is 0.533. The number of hydrogen-bond donors (Lipinski definition) is 0. The largest absolute Gasteiger partial charge is 0.268 e. The van der Waals surface area contributed by atoms with Crippen LogP contribution < -0.4 is 5.56 Å². The van der Waals surface area contributed by atoms with E-state index in [1.165, 1.54) is 0 Å². The van der Waals surface area contributed by atoms with E-state index in [4.69, 9.17) is 16.6 Å². The molecule has 0 atom stereocenters. The number of hydrogen-bond acceptors (Lipinski definition) is 2. The summed E-state index contributed by atoms with van der Waals surface area (Å²) in [5.41, 5.74) is 2.15. The van der Waals surface area contributed by atoms with Crippen LogP contribution in [0.3, 0.4) is 0 Å². The summed E-state index contributed by atoms with van der Waals surface area (Å²) in [7, 11) is 0. The predicted octanol–water partition coefficient (Wildman–Crippen LogP) is 4.71. The van der Waals surface area contributed by atoms with Gasteiger partial charge in [0.1, 0.15) is 5.82 Å². The Kier molecular flexibility index (Phi) is 3.63. The second-order valence-corrected chi connectivity index (χ2v) is 5.88. The maximum absolute atomic E-state index is 13.1. The molecule has 0 aliphatic carbocycles. The second-order valence-electron chi connectivity index (χ2n) is 5.44. The van der Waals surface area contributed by atoms with Crippen molar-refractivity contribution in [1.29, 1.82) is 0 Å². The molecule has 1 heterocycles. The molecule has 0 amide bonds. The van der Waals surface area contributed by atoms with E-state index >= 15 is 0 Å². The maximum Gasteiger partial charge on any atom is 0.266 e. The highest BCUT2D eigenvalue weighted by Crippen LogP contribution is 2.24. The second kappa shape index (κ2) is 5.95. The highest BCUT2D eigenvalue weighted by Gasteiger charge is 2.14. The summed E-state index contributed by atoms with van der Waals surface area (Å²) in [4.78, 5) is 17.8. The normalized spacial score (nSPS) is 10.9. The van der Waals surface area contributed by atoms with Crippen LogP contribution in [0.2, 0.25) is 5.02 Å². The fraction of sp³-hybridized carbons (Fsp3) is 0. The molecule has 0 fully saturated rings. The van der Waals surface area contributed by atoms with Gasteiger partial charge in [-0.25, -0.2) is 4.98 Å². The van der Waals surface area contributed by atoms with Gasteiger partial charge in [-0.1, -0.05) is 54.1 Å². The predicted molar refractivity (Wildman–Crippen MR) is 97.8 cm³/mol. The molecule has 116 valence electrons. The van der Waals surface area contributed by atoms with Crippen molar-refractivity contribution < 1.29 is 0 Å². The lowest BCUT2D eigenvalue weighted by atomic mass is 10.1. The number of benzene rings is 3. The molecule has 4 rings (SSSR count). The van der Waals surface area contributed by atoms with Crippen molar-refractivity contribution in [2.24, 2.45) is 0 Å². The SMILES string of the molecule is O=c1c2ccccc2nc(-c2cccc(Cl)c2)n1-c1ccccc1. The third kappa shape index (κ3) is 2.49. The first-order valence-electron chi connectivity index (χ1n) is 7.57. The van der Waals surface area contributed by atoms with E-state index < -0.39 is 0 Å². The van der Waals surface area contributed by atoms with Crippen LogP contribution >= 0.6 is 11.6 Å². The van der Waals surface area contributed by atoms with Crippen LogP contribution in [0.4, 0.5) is 0 Å². The third-order valence-corrected chi connectivity index (χ3v) is 4.11. The summed E-state index contributed by atoms with van der Waals surface area (Å²) in [5.74, 6) is 0.576. The Balaban J connectivity index is 2.13. The molecule has 0 saturated carbocycles. The molecule has 0 aliphatic heterocycles. The Bertz CT molecular complexity index is 1090. The number of para-hydroxylation sites is 2. The van der Waals surface area contributed by atoms with Crippen molar-refractivity contribution in [3.63, 3.8) is 0 Å². The topological polar surface area (TPSA) is 34.9 Å². The minimum atomic E-state index is -0.0956. The van der Waals surface area contributed by atoms with Crippen LogP contribution in [0.5, 0.6) is 0 Å². The fourth-order valence-electron chi connectivity index (χ4n) is 2.77. The standard InChI is InChI=1S/C20H13ClN2O/c21-15-8-6-7-14(13-15)19-22-18-12-5-4-11-17(18)20(24)23(19)16-9-2-1-3-10-16/h1-13H. The number of nitrogens with zero attached hydrogens (tertiary/aromatic N) is 2. The molecule has 0 aliphatic rings. The van der Waals surface area contributed by atoms with Crippen molar-refractivity contribution in [1.82, 2.24) is 9.55 Å². The van der Waals surface area contributed by atoms with Crippen LogP contribution in [0, 0.1) is 0 Å². The number of halogens is 1. The Morgan fingerprint density at radius 1 is 0.833 bits per heavy atom. The first-order chi connectivity index (χ1) is 11.7. The Morgan fingerprint density at radius 2 is 1.58 bits per heavy atom. The molecule has 0 spiro atoms.